The van der Waals surface area contributed by atoms with E-state index in [1.807, 2.05) is 24.9 Å². The SMILES string of the molecule is Cc1cnc(C2CCN(C(=O)CC3CC3)CC2)n1[C@H](C)CO. The van der Waals surface area contributed by atoms with E-state index >= 15 is 0 Å². The third kappa shape index (κ3) is 3.19. The minimum atomic E-state index is 0.0621. The van der Waals surface area contributed by atoms with Gasteiger partial charge in [0.05, 0.1) is 12.6 Å². The van der Waals surface area contributed by atoms with Crippen molar-refractivity contribution in [3.05, 3.63) is 17.7 Å². The molecule has 22 heavy (non-hydrogen) atoms. The van der Waals surface area contributed by atoms with Crippen LogP contribution in [0.25, 0.3) is 0 Å². The predicted molar refractivity (Wildman–Crippen MR) is 84.7 cm³/mol. The molecule has 1 N–H and O–H groups in total. The van der Waals surface area contributed by atoms with Crippen LogP contribution in [-0.2, 0) is 4.79 Å². The highest BCUT2D eigenvalue weighted by Gasteiger charge is 2.31. The fourth-order valence-corrected chi connectivity index (χ4v) is 3.51. The largest absolute Gasteiger partial charge is 0.394 e. The molecule has 122 valence electrons. The number of aryl methyl sites for hydroxylation is 1. The van der Waals surface area contributed by atoms with Gasteiger partial charge in [-0.15, -0.1) is 0 Å². The van der Waals surface area contributed by atoms with Gasteiger partial charge in [0.1, 0.15) is 5.82 Å². The molecule has 0 radical (unpaired) electrons. The third-order valence-electron chi connectivity index (χ3n) is 5.09. The smallest absolute Gasteiger partial charge is 0.222 e. The molecule has 1 atom stereocenters. The van der Waals surface area contributed by atoms with Gasteiger partial charge in [-0.05, 0) is 45.4 Å². The minimum absolute atomic E-state index is 0.0621. The Hall–Kier alpha value is -1.36. The molecular formula is C17H27N3O2. The number of imidazole rings is 1. The van der Waals surface area contributed by atoms with Crippen LogP contribution >= 0.6 is 0 Å². The van der Waals surface area contributed by atoms with Crippen LogP contribution in [0.15, 0.2) is 6.20 Å². The molecule has 0 unspecified atom stereocenters. The predicted octanol–water partition coefficient (Wildman–Crippen LogP) is 2.25. The molecule has 1 amide bonds. The van der Waals surface area contributed by atoms with Crippen LogP contribution < -0.4 is 0 Å². The standard InChI is InChI=1S/C17H27N3O2/c1-12-10-18-17(20(12)13(2)11-21)15-5-7-19(8-6-15)16(22)9-14-3-4-14/h10,13-15,21H,3-9,11H2,1-2H3/t13-/m1/s1. The summed E-state index contributed by atoms with van der Waals surface area (Å²) in [6.07, 6.45) is 7.07. The van der Waals surface area contributed by atoms with Gasteiger partial charge in [-0.3, -0.25) is 4.79 Å². The molecule has 0 spiro atoms. The van der Waals surface area contributed by atoms with Crippen molar-refractivity contribution in [3.8, 4) is 0 Å². The summed E-state index contributed by atoms with van der Waals surface area (Å²) < 4.78 is 2.16. The van der Waals surface area contributed by atoms with Crippen LogP contribution in [-0.4, -0.2) is 45.2 Å². The van der Waals surface area contributed by atoms with Gasteiger partial charge < -0.3 is 14.6 Å². The van der Waals surface area contributed by atoms with E-state index in [0.717, 1.165) is 43.9 Å². The number of hydrogen-bond acceptors (Lipinski definition) is 3. The van der Waals surface area contributed by atoms with Gasteiger partial charge in [0.2, 0.25) is 5.91 Å². The molecule has 2 aliphatic rings. The molecule has 0 bridgehead atoms. The highest BCUT2D eigenvalue weighted by molar-refractivity contribution is 5.76. The zero-order valence-electron chi connectivity index (χ0n) is 13.7. The zero-order valence-corrected chi connectivity index (χ0v) is 13.7. The van der Waals surface area contributed by atoms with Crippen molar-refractivity contribution in [2.45, 2.75) is 57.9 Å². The number of carbonyl (C=O) groups is 1. The van der Waals surface area contributed by atoms with E-state index in [0.29, 0.717) is 17.7 Å². The van der Waals surface area contributed by atoms with Crippen LogP contribution in [0.2, 0.25) is 0 Å². The third-order valence-corrected chi connectivity index (χ3v) is 5.09. The first-order valence-electron chi connectivity index (χ1n) is 8.52. The van der Waals surface area contributed by atoms with E-state index < -0.39 is 0 Å². The number of aromatic nitrogens is 2. The van der Waals surface area contributed by atoms with Crippen LogP contribution in [0.5, 0.6) is 0 Å². The highest BCUT2D eigenvalue weighted by Crippen LogP contribution is 2.34. The Morgan fingerprint density at radius 1 is 1.36 bits per heavy atom. The summed E-state index contributed by atoms with van der Waals surface area (Å²) in [6, 6.07) is 0.0621. The van der Waals surface area contributed by atoms with E-state index in [2.05, 4.69) is 9.55 Å². The van der Waals surface area contributed by atoms with Crippen molar-refractivity contribution in [3.63, 3.8) is 0 Å². The number of nitrogens with zero attached hydrogens (tertiary/aromatic N) is 3. The molecule has 5 heteroatoms. The van der Waals surface area contributed by atoms with Gasteiger partial charge in [-0.25, -0.2) is 4.98 Å². The summed E-state index contributed by atoms with van der Waals surface area (Å²) in [6.45, 7) is 5.87. The average molecular weight is 305 g/mol. The first-order chi connectivity index (χ1) is 10.6. The van der Waals surface area contributed by atoms with Crippen LogP contribution in [0.4, 0.5) is 0 Å². The van der Waals surface area contributed by atoms with Crippen molar-refractivity contribution in [1.29, 1.82) is 0 Å². The van der Waals surface area contributed by atoms with E-state index in [9.17, 15) is 9.90 Å². The summed E-state index contributed by atoms with van der Waals surface area (Å²) in [4.78, 5) is 18.8. The Kier molecular flexibility index (Phi) is 4.52. The Labute approximate surface area is 132 Å². The Balaban J connectivity index is 1.62. The van der Waals surface area contributed by atoms with E-state index in [1.54, 1.807) is 0 Å². The van der Waals surface area contributed by atoms with Gasteiger partial charge in [0, 0.05) is 37.3 Å². The lowest BCUT2D eigenvalue weighted by Gasteiger charge is -2.32. The maximum Gasteiger partial charge on any atom is 0.222 e. The maximum atomic E-state index is 12.2. The summed E-state index contributed by atoms with van der Waals surface area (Å²) >= 11 is 0. The lowest BCUT2D eigenvalue weighted by atomic mass is 9.95. The number of hydrogen-bond donors (Lipinski definition) is 1. The number of aliphatic hydroxyl groups is 1. The normalized spacial score (nSPS) is 21.1. The van der Waals surface area contributed by atoms with Gasteiger partial charge in [-0.2, -0.15) is 0 Å². The molecule has 2 heterocycles. The Bertz CT molecular complexity index is 528. The quantitative estimate of drug-likeness (QED) is 0.907. The summed E-state index contributed by atoms with van der Waals surface area (Å²) in [7, 11) is 0. The first kappa shape index (κ1) is 15.5. The number of rotatable bonds is 5. The lowest BCUT2D eigenvalue weighted by molar-refractivity contribution is -0.132. The molecule has 3 rings (SSSR count). The maximum absolute atomic E-state index is 12.2. The summed E-state index contributed by atoms with van der Waals surface area (Å²) in [5.41, 5.74) is 1.10. The minimum Gasteiger partial charge on any atom is -0.394 e. The molecular weight excluding hydrogens is 278 g/mol. The number of aliphatic hydroxyl groups excluding tert-OH is 1. The van der Waals surface area contributed by atoms with Crippen LogP contribution in [0, 0.1) is 12.8 Å². The second kappa shape index (κ2) is 6.41. The number of piperidine rings is 1. The van der Waals surface area contributed by atoms with Gasteiger partial charge in [0.15, 0.2) is 0 Å². The molecule has 1 aliphatic carbocycles. The van der Waals surface area contributed by atoms with Crippen LogP contribution in [0.1, 0.15) is 62.5 Å². The second-order valence-corrected chi connectivity index (χ2v) is 6.96. The first-order valence-corrected chi connectivity index (χ1v) is 8.52. The summed E-state index contributed by atoms with van der Waals surface area (Å²) in [5.74, 6) is 2.47. The van der Waals surface area contributed by atoms with Gasteiger partial charge in [0.25, 0.3) is 0 Å². The number of carbonyl (C=O) groups excluding carboxylic acids is 1. The van der Waals surface area contributed by atoms with Crippen molar-refractivity contribution in [2.24, 2.45) is 5.92 Å². The molecule has 2 fully saturated rings. The lowest BCUT2D eigenvalue weighted by Crippen LogP contribution is -2.38. The Morgan fingerprint density at radius 3 is 2.64 bits per heavy atom. The zero-order chi connectivity index (χ0) is 15.7. The van der Waals surface area contributed by atoms with Crippen molar-refractivity contribution in [1.82, 2.24) is 14.5 Å². The van der Waals surface area contributed by atoms with E-state index in [1.165, 1.54) is 12.8 Å². The second-order valence-electron chi connectivity index (χ2n) is 6.96. The monoisotopic (exact) mass is 305 g/mol. The average Bonchev–Trinajstić information content (AvgIpc) is 3.26. The van der Waals surface area contributed by atoms with E-state index in [-0.39, 0.29) is 12.6 Å². The number of likely N-dealkylation sites (tertiary alicyclic amines) is 1. The molecule has 1 aromatic rings. The molecule has 1 saturated carbocycles. The number of amides is 1. The molecule has 0 aromatic carbocycles. The van der Waals surface area contributed by atoms with Crippen molar-refractivity contribution >= 4 is 5.91 Å². The fourth-order valence-electron chi connectivity index (χ4n) is 3.51. The van der Waals surface area contributed by atoms with E-state index in [4.69, 9.17) is 0 Å². The van der Waals surface area contributed by atoms with Gasteiger partial charge in [-0.1, -0.05) is 0 Å². The van der Waals surface area contributed by atoms with Gasteiger partial charge >= 0.3 is 0 Å². The molecule has 1 aliphatic heterocycles. The summed E-state index contributed by atoms with van der Waals surface area (Å²) in [5, 5.41) is 9.46. The highest BCUT2D eigenvalue weighted by atomic mass is 16.3. The van der Waals surface area contributed by atoms with Crippen LogP contribution in [0.3, 0.4) is 0 Å². The molecule has 1 saturated heterocycles. The molecule has 1 aromatic heterocycles. The molecule has 5 nitrogen and oxygen atoms in total. The van der Waals surface area contributed by atoms with Crippen molar-refractivity contribution < 1.29 is 9.90 Å². The topological polar surface area (TPSA) is 58.4 Å². The van der Waals surface area contributed by atoms with Crippen molar-refractivity contribution in [2.75, 3.05) is 19.7 Å². The fraction of sp³-hybridized carbons (Fsp3) is 0.765. The Morgan fingerprint density at radius 2 is 2.05 bits per heavy atom.